The number of Topliss-reactive ketones (excluding diaryl/α,β-unsaturated/α-hetero) is 1. The second-order valence-corrected chi connectivity index (χ2v) is 9.19. The van der Waals surface area contributed by atoms with Crippen LogP contribution in [-0.4, -0.2) is 20.7 Å². The number of ketones is 1. The quantitative estimate of drug-likeness (QED) is 0.530. The van der Waals surface area contributed by atoms with Crippen molar-refractivity contribution < 1.29 is 9.18 Å². The predicted octanol–water partition coefficient (Wildman–Crippen LogP) is 5.81. The molecule has 0 unspecified atom stereocenters. The van der Waals surface area contributed by atoms with Gasteiger partial charge in [0.15, 0.2) is 5.82 Å². The Balaban J connectivity index is 1.78. The van der Waals surface area contributed by atoms with Crippen molar-refractivity contribution in [2.45, 2.75) is 44.9 Å². The lowest BCUT2D eigenvalue weighted by molar-refractivity contribution is -0.128. The molecule has 3 atom stereocenters. The third kappa shape index (κ3) is 3.19. The Morgan fingerprint density at radius 1 is 1.19 bits per heavy atom. The Kier molecular flexibility index (Phi) is 5.00. The largest absolute Gasteiger partial charge is 0.299 e. The lowest BCUT2D eigenvalue weighted by Gasteiger charge is -2.48. The first-order chi connectivity index (χ1) is 15.4. The SMILES string of the molecule is C=Cc1cc(-c2nc(-c3ccccc3F)c3c(n2)[C@]2(C)CCC(=O)[C@H](C)[C@H]2CC3)ccn1. The molecule has 2 aromatic heterocycles. The van der Waals surface area contributed by atoms with Crippen molar-refractivity contribution in [3.05, 3.63) is 71.9 Å². The minimum atomic E-state index is -0.291. The van der Waals surface area contributed by atoms with Crippen LogP contribution in [0.1, 0.15) is 50.1 Å². The van der Waals surface area contributed by atoms with Crippen LogP contribution in [0.15, 0.2) is 49.2 Å². The zero-order valence-electron chi connectivity index (χ0n) is 18.4. The summed E-state index contributed by atoms with van der Waals surface area (Å²) in [6.07, 6.45) is 6.34. The molecule has 0 N–H and O–H groups in total. The van der Waals surface area contributed by atoms with Crippen LogP contribution in [0.4, 0.5) is 4.39 Å². The Morgan fingerprint density at radius 3 is 2.78 bits per heavy atom. The standard InChI is InChI=1S/C27H26FN3O/c1-4-18-15-17(12-14-29-18)26-30-24(19-7-5-6-8-22(19)28)20-9-10-21-16(2)23(32)11-13-27(21,3)25(20)31-26/h4-8,12,14-16,21H,1,9-11,13H2,2-3H3/t16-,21-,27-/m1/s1. The van der Waals surface area contributed by atoms with Gasteiger partial charge in [0.1, 0.15) is 11.6 Å². The molecule has 0 radical (unpaired) electrons. The monoisotopic (exact) mass is 427 g/mol. The highest BCUT2D eigenvalue weighted by Gasteiger charge is 2.49. The van der Waals surface area contributed by atoms with Crippen LogP contribution in [0.5, 0.6) is 0 Å². The first-order valence-corrected chi connectivity index (χ1v) is 11.2. The Labute approximate surface area is 187 Å². The van der Waals surface area contributed by atoms with Gasteiger partial charge in [-0.05, 0) is 55.5 Å². The zero-order valence-corrected chi connectivity index (χ0v) is 18.4. The molecule has 4 nitrogen and oxygen atoms in total. The normalized spacial score (nSPS) is 24.5. The Hall–Kier alpha value is -3.21. The summed E-state index contributed by atoms with van der Waals surface area (Å²) < 4.78 is 14.9. The van der Waals surface area contributed by atoms with Gasteiger partial charge < -0.3 is 0 Å². The summed E-state index contributed by atoms with van der Waals surface area (Å²) in [5.41, 5.74) is 4.44. The third-order valence-corrected chi connectivity index (χ3v) is 7.45. The molecular weight excluding hydrogens is 401 g/mol. The van der Waals surface area contributed by atoms with E-state index in [4.69, 9.17) is 9.97 Å². The minimum absolute atomic E-state index is 0.00511. The number of rotatable bonds is 3. The predicted molar refractivity (Wildman–Crippen MR) is 123 cm³/mol. The topological polar surface area (TPSA) is 55.7 Å². The summed E-state index contributed by atoms with van der Waals surface area (Å²) in [6, 6.07) is 10.6. The fraction of sp³-hybridized carbons (Fsp3) is 0.333. The van der Waals surface area contributed by atoms with Gasteiger partial charge in [0.25, 0.3) is 0 Å². The van der Waals surface area contributed by atoms with E-state index in [1.165, 1.54) is 6.07 Å². The van der Waals surface area contributed by atoms with Crippen LogP contribution in [-0.2, 0) is 16.6 Å². The van der Waals surface area contributed by atoms with Crippen molar-refractivity contribution in [1.29, 1.82) is 0 Å². The van der Waals surface area contributed by atoms with E-state index >= 15 is 0 Å². The first kappa shape index (κ1) is 20.7. The molecular formula is C27H26FN3O. The van der Waals surface area contributed by atoms with Gasteiger partial charge in [0.2, 0.25) is 0 Å². The summed E-state index contributed by atoms with van der Waals surface area (Å²) in [7, 11) is 0. The van der Waals surface area contributed by atoms with Crippen molar-refractivity contribution in [3.8, 4) is 22.6 Å². The molecule has 162 valence electrons. The lowest BCUT2D eigenvalue weighted by Crippen LogP contribution is -2.47. The average Bonchev–Trinajstić information content (AvgIpc) is 2.81. The maximum atomic E-state index is 14.9. The van der Waals surface area contributed by atoms with Crippen LogP contribution in [0.3, 0.4) is 0 Å². The van der Waals surface area contributed by atoms with Crippen molar-refractivity contribution in [2.75, 3.05) is 0 Å². The number of fused-ring (bicyclic) bond motifs is 3. The molecule has 1 aromatic carbocycles. The van der Waals surface area contributed by atoms with E-state index in [1.807, 2.05) is 18.2 Å². The molecule has 1 fully saturated rings. The molecule has 1 saturated carbocycles. The van der Waals surface area contributed by atoms with E-state index in [9.17, 15) is 9.18 Å². The summed E-state index contributed by atoms with van der Waals surface area (Å²) >= 11 is 0. The maximum absolute atomic E-state index is 14.9. The van der Waals surface area contributed by atoms with Crippen molar-refractivity contribution in [2.24, 2.45) is 11.8 Å². The van der Waals surface area contributed by atoms with Gasteiger partial charge in [-0.15, -0.1) is 0 Å². The number of hydrogen-bond acceptors (Lipinski definition) is 4. The van der Waals surface area contributed by atoms with Crippen LogP contribution in [0.25, 0.3) is 28.7 Å². The molecule has 2 aliphatic carbocycles. The lowest BCUT2D eigenvalue weighted by atomic mass is 9.56. The number of carbonyl (C=O) groups is 1. The molecule has 5 rings (SSSR count). The number of halogens is 1. The summed E-state index contributed by atoms with van der Waals surface area (Å²) in [5.74, 6) is 0.836. The van der Waals surface area contributed by atoms with Gasteiger partial charge in [-0.25, -0.2) is 14.4 Å². The van der Waals surface area contributed by atoms with E-state index in [0.29, 0.717) is 29.3 Å². The summed E-state index contributed by atoms with van der Waals surface area (Å²) in [4.78, 5) is 26.8. The molecule has 2 aliphatic rings. The molecule has 2 heterocycles. The summed E-state index contributed by atoms with van der Waals surface area (Å²) in [6.45, 7) is 8.08. The van der Waals surface area contributed by atoms with Crippen LogP contribution in [0, 0.1) is 17.7 Å². The molecule has 0 amide bonds. The van der Waals surface area contributed by atoms with Crippen LogP contribution < -0.4 is 0 Å². The number of pyridine rings is 1. The highest BCUT2D eigenvalue weighted by atomic mass is 19.1. The molecule has 32 heavy (non-hydrogen) atoms. The number of hydrogen-bond donors (Lipinski definition) is 0. The molecule has 0 bridgehead atoms. The zero-order chi connectivity index (χ0) is 22.5. The number of benzene rings is 1. The maximum Gasteiger partial charge on any atom is 0.160 e. The fourth-order valence-corrected chi connectivity index (χ4v) is 5.63. The second-order valence-electron chi connectivity index (χ2n) is 9.19. The van der Waals surface area contributed by atoms with E-state index < -0.39 is 0 Å². The smallest absolute Gasteiger partial charge is 0.160 e. The van der Waals surface area contributed by atoms with Gasteiger partial charge in [-0.2, -0.15) is 0 Å². The second kappa shape index (κ2) is 7.73. The Morgan fingerprint density at radius 2 is 2.00 bits per heavy atom. The van der Waals surface area contributed by atoms with Crippen molar-refractivity contribution in [3.63, 3.8) is 0 Å². The number of carbonyl (C=O) groups excluding carboxylic acids is 1. The summed E-state index contributed by atoms with van der Waals surface area (Å²) in [5, 5.41) is 0. The fourth-order valence-electron chi connectivity index (χ4n) is 5.63. The molecule has 3 aromatic rings. The molecule has 0 spiro atoms. The van der Waals surface area contributed by atoms with Crippen LogP contribution in [0.2, 0.25) is 0 Å². The van der Waals surface area contributed by atoms with E-state index in [-0.39, 0.29) is 23.1 Å². The first-order valence-electron chi connectivity index (χ1n) is 11.2. The number of nitrogens with zero attached hydrogens (tertiary/aromatic N) is 3. The molecule has 5 heteroatoms. The minimum Gasteiger partial charge on any atom is -0.299 e. The third-order valence-electron chi connectivity index (χ3n) is 7.45. The molecule has 0 saturated heterocycles. The van der Waals surface area contributed by atoms with Gasteiger partial charge in [0, 0.05) is 40.6 Å². The van der Waals surface area contributed by atoms with Crippen LogP contribution >= 0.6 is 0 Å². The van der Waals surface area contributed by atoms with Gasteiger partial charge in [-0.1, -0.05) is 32.6 Å². The van der Waals surface area contributed by atoms with Gasteiger partial charge >= 0.3 is 0 Å². The van der Waals surface area contributed by atoms with Gasteiger partial charge in [-0.3, -0.25) is 9.78 Å². The van der Waals surface area contributed by atoms with E-state index in [0.717, 1.165) is 41.8 Å². The highest BCUT2D eigenvalue weighted by molar-refractivity contribution is 5.83. The van der Waals surface area contributed by atoms with Gasteiger partial charge in [0.05, 0.1) is 17.1 Å². The highest BCUT2D eigenvalue weighted by Crippen LogP contribution is 2.52. The Bertz CT molecular complexity index is 1240. The van der Waals surface area contributed by atoms with E-state index in [1.54, 1.807) is 24.4 Å². The van der Waals surface area contributed by atoms with E-state index in [2.05, 4.69) is 25.4 Å². The average molecular weight is 428 g/mol. The van der Waals surface area contributed by atoms with Crippen molar-refractivity contribution in [1.82, 2.24) is 15.0 Å². The molecule has 0 aliphatic heterocycles. The number of aromatic nitrogens is 3. The van der Waals surface area contributed by atoms with Crippen molar-refractivity contribution >= 4 is 11.9 Å².